The third-order valence-electron chi connectivity index (χ3n) is 5.82. The van der Waals surface area contributed by atoms with Crippen molar-refractivity contribution in [1.82, 2.24) is 15.5 Å². The van der Waals surface area contributed by atoms with Gasteiger partial charge in [0.1, 0.15) is 6.54 Å². The van der Waals surface area contributed by atoms with Crippen LogP contribution >= 0.6 is 0 Å². The standard InChI is InChI=1S/C22H34N4O2S/c1-3-23-22(25-19-10-7-11-20(14-19)29(28)4-2)24-15-21(27)26-13-12-17-8-5-6-9-18(17)16-26/h5-6,8-9,19-20H,3-4,7,10-16H2,1-2H3,(H2,23,24,25). The number of benzene rings is 1. The Balaban J connectivity index is 1.56. The van der Waals surface area contributed by atoms with Crippen LogP contribution in [0.3, 0.4) is 0 Å². The Morgan fingerprint density at radius 1 is 1.24 bits per heavy atom. The molecule has 1 saturated carbocycles. The topological polar surface area (TPSA) is 73.8 Å². The van der Waals surface area contributed by atoms with Gasteiger partial charge in [-0.05, 0) is 43.7 Å². The molecule has 160 valence electrons. The first-order valence-electron chi connectivity index (χ1n) is 10.9. The van der Waals surface area contributed by atoms with Crippen molar-refractivity contribution in [2.45, 2.75) is 63.8 Å². The van der Waals surface area contributed by atoms with Crippen LogP contribution in [0.1, 0.15) is 50.7 Å². The lowest BCUT2D eigenvalue weighted by molar-refractivity contribution is -0.130. The highest BCUT2D eigenvalue weighted by Crippen LogP contribution is 2.23. The van der Waals surface area contributed by atoms with Crippen LogP contribution in [-0.2, 0) is 28.6 Å². The van der Waals surface area contributed by atoms with Gasteiger partial charge in [0.25, 0.3) is 0 Å². The second-order valence-electron chi connectivity index (χ2n) is 7.83. The molecular weight excluding hydrogens is 384 g/mol. The SMILES string of the molecule is CCNC(=NCC(=O)N1CCc2ccccc2C1)NC1CCCC(S(=O)CC)C1. The number of fused-ring (bicyclic) bond motifs is 1. The minimum atomic E-state index is -0.746. The number of rotatable bonds is 6. The van der Waals surface area contributed by atoms with Crippen LogP contribution in [0.5, 0.6) is 0 Å². The van der Waals surface area contributed by atoms with E-state index in [1.807, 2.05) is 24.8 Å². The summed E-state index contributed by atoms with van der Waals surface area (Å²) in [5.74, 6) is 1.47. The number of hydrogen-bond donors (Lipinski definition) is 2. The zero-order valence-electron chi connectivity index (χ0n) is 17.7. The van der Waals surface area contributed by atoms with Gasteiger partial charge in [-0.15, -0.1) is 0 Å². The summed E-state index contributed by atoms with van der Waals surface area (Å²) in [5.41, 5.74) is 2.57. The molecule has 2 N–H and O–H groups in total. The zero-order chi connectivity index (χ0) is 20.6. The fourth-order valence-corrected chi connectivity index (χ4v) is 5.57. The first kappa shape index (κ1) is 21.8. The van der Waals surface area contributed by atoms with E-state index >= 15 is 0 Å². The third kappa shape index (κ3) is 6.04. The first-order valence-corrected chi connectivity index (χ1v) is 12.3. The monoisotopic (exact) mass is 418 g/mol. The summed E-state index contributed by atoms with van der Waals surface area (Å²) in [7, 11) is -0.746. The predicted octanol–water partition coefficient (Wildman–Crippen LogP) is 2.21. The van der Waals surface area contributed by atoms with Gasteiger partial charge < -0.3 is 15.5 Å². The molecule has 1 amide bonds. The number of guanidine groups is 1. The van der Waals surface area contributed by atoms with Crippen molar-refractivity contribution in [3.05, 3.63) is 35.4 Å². The molecule has 2 aliphatic rings. The van der Waals surface area contributed by atoms with E-state index in [4.69, 9.17) is 0 Å². The lowest BCUT2D eigenvalue weighted by Crippen LogP contribution is -2.47. The van der Waals surface area contributed by atoms with E-state index in [0.717, 1.165) is 50.9 Å². The molecule has 0 radical (unpaired) electrons. The number of carbonyl (C=O) groups is 1. The molecule has 6 nitrogen and oxygen atoms in total. The van der Waals surface area contributed by atoms with E-state index in [1.54, 1.807) is 0 Å². The van der Waals surface area contributed by atoms with E-state index in [1.165, 1.54) is 11.1 Å². The summed E-state index contributed by atoms with van der Waals surface area (Å²) in [4.78, 5) is 19.2. The zero-order valence-corrected chi connectivity index (χ0v) is 18.5. The highest BCUT2D eigenvalue weighted by atomic mass is 32.2. The summed E-state index contributed by atoms with van der Waals surface area (Å²) in [6, 6.07) is 8.59. The van der Waals surface area contributed by atoms with E-state index in [-0.39, 0.29) is 23.7 Å². The van der Waals surface area contributed by atoms with Crippen molar-refractivity contribution in [3.63, 3.8) is 0 Å². The number of amides is 1. The number of aliphatic imine (C=N–C) groups is 1. The van der Waals surface area contributed by atoms with Crippen molar-refractivity contribution in [2.75, 3.05) is 25.4 Å². The maximum Gasteiger partial charge on any atom is 0.244 e. The second-order valence-corrected chi connectivity index (χ2v) is 9.83. The van der Waals surface area contributed by atoms with Crippen LogP contribution in [0.15, 0.2) is 29.3 Å². The van der Waals surface area contributed by atoms with Gasteiger partial charge in [0.15, 0.2) is 5.96 Å². The molecule has 7 heteroatoms. The molecule has 0 bridgehead atoms. The summed E-state index contributed by atoms with van der Waals surface area (Å²) in [6.07, 6.45) is 4.99. The minimum Gasteiger partial charge on any atom is -0.357 e. The molecule has 0 aromatic heterocycles. The molecule has 29 heavy (non-hydrogen) atoms. The van der Waals surface area contributed by atoms with Crippen LogP contribution in [-0.4, -0.2) is 57.7 Å². The minimum absolute atomic E-state index is 0.0605. The number of nitrogens with one attached hydrogen (secondary N) is 2. The largest absolute Gasteiger partial charge is 0.357 e. The highest BCUT2D eigenvalue weighted by molar-refractivity contribution is 7.85. The second kappa shape index (κ2) is 10.8. The third-order valence-corrected chi connectivity index (χ3v) is 7.56. The van der Waals surface area contributed by atoms with Crippen LogP contribution < -0.4 is 10.6 Å². The molecule has 1 fully saturated rings. The quantitative estimate of drug-likeness (QED) is 0.549. The Labute approximate surface area is 177 Å². The molecule has 1 aromatic carbocycles. The summed E-state index contributed by atoms with van der Waals surface area (Å²) < 4.78 is 12.2. The van der Waals surface area contributed by atoms with Crippen molar-refractivity contribution in [1.29, 1.82) is 0 Å². The Bertz CT molecular complexity index is 752. The molecule has 0 spiro atoms. The average Bonchev–Trinajstić information content (AvgIpc) is 2.76. The van der Waals surface area contributed by atoms with Crippen molar-refractivity contribution in [2.24, 2.45) is 4.99 Å². The normalized spacial score (nSPS) is 23.2. The van der Waals surface area contributed by atoms with Gasteiger partial charge in [0, 0.05) is 47.5 Å². The van der Waals surface area contributed by atoms with Crippen LogP contribution in [0.2, 0.25) is 0 Å². The maximum atomic E-state index is 12.7. The Kier molecular flexibility index (Phi) is 8.09. The van der Waals surface area contributed by atoms with Gasteiger partial charge in [-0.3, -0.25) is 9.00 Å². The number of carbonyl (C=O) groups excluding carboxylic acids is 1. The van der Waals surface area contributed by atoms with E-state index in [2.05, 4.69) is 33.8 Å². The van der Waals surface area contributed by atoms with Crippen molar-refractivity contribution in [3.8, 4) is 0 Å². The van der Waals surface area contributed by atoms with Gasteiger partial charge in [0.2, 0.25) is 5.91 Å². The Morgan fingerprint density at radius 2 is 2.03 bits per heavy atom. The molecule has 3 unspecified atom stereocenters. The fraction of sp³-hybridized carbons (Fsp3) is 0.636. The maximum absolute atomic E-state index is 12.7. The Morgan fingerprint density at radius 3 is 2.79 bits per heavy atom. The van der Waals surface area contributed by atoms with Crippen LogP contribution in [0.4, 0.5) is 0 Å². The molecule has 1 aromatic rings. The average molecular weight is 419 g/mol. The molecule has 1 heterocycles. The van der Waals surface area contributed by atoms with Gasteiger partial charge in [0.05, 0.1) is 0 Å². The molecule has 1 aliphatic carbocycles. The van der Waals surface area contributed by atoms with E-state index in [9.17, 15) is 9.00 Å². The van der Waals surface area contributed by atoms with Crippen LogP contribution in [0.25, 0.3) is 0 Å². The summed E-state index contributed by atoms with van der Waals surface area (Å²) >= 11 is 0. The predicted molar refractivity (Wildman–Crippen MR) is 119 cm³/mol. The molecule has 1 aliphatic heterocycles. The molecular formula is C22H34N4O2S. The lowest BCUT2D eigenvalue weighted by atomic mass is 9.95. The van der Waals surface area contributed by atoms with Gasteiger partial charge in [-0.25, -0.2) is 4.99 Å². The van der Waals surface area contributed by atoms with E-state index < -0.39 is 10.8 Å². The van der Waals surface area contributed by atoms with Gasteiger partial charge in [-0.1, -0.05) is 37.6 Å². The van der Waals surface area contributed by atoms with Crippen molar-refractivity contribution < 1.29 is 9.00 Å². The fourth-order valence-electron chi connectivity index (χ4n) is 4.22. The summed E-state index contributed by atoms with van der Waals surface area (Å²) in [6.45, 7) is 6.33. The molecule has 3 atom stereocenters. The highest BCUT2D eigenvalue weighted by Gasteiger charge is 2.26. The van der Waals surface area contributed by atoms with E-state index in [0.29, 0.717) is 12.5 Å². The lowest BCUT2D eigenvalue weighted by Gasteiger charge is -2.30. The van der Waals surface area contributed by atoms with Crippen LogP contribution in [0, 0.1) is 0 Å². The number of hydrogen-bond acceptors (Lipinski definition) is 3. The van der Waals surface area contributed by atoms with Gasteiger partial charge >= 0.3 is 0 Å². The number of nitrogens with zero attached hydrogens (tertiary/aromatic N) is 2. The molecule has 3 rings (SSSR count). The Hall–Kier alpha value is -1.89. The first-order chi connectivity index (χ1) is 14.1. The summed E-state index contributed by atoms with van der Waals surface area (Å²) in [5, 5.41) is 7.00. The van der Waals surface area contributed by atoms with Gasteiger partial charge in [-0.2, -0.15) is 0 Å². The van der Waals surface area contributed by atoms with Crippen molar-refractivity contribution >= 4 is 22.7 Å². The smallest absolute Gasteiger partial charge is 0.244 e. The molecule has 0 saturated heterocycles.